The molecule has 0 aliphatic carbocycles. The molecule has 9 heteroatoms. The first kappa shape index (κ1) is 17.7. The van der Waals surface area contributed by atoms with Gasteiger partial charge in [0.05, 0.1) is 5.75 Å². The van der Waals surface area contributed by atoms with Gasteiger partial charge in [0.1, 0.15) is 5.03 Å². The van der Waals surface area contributed by atoms with Crippen LogP contribution in [0.5, 0.6) is 0 Å². The molecule has 0 atom stereocenters. The normalized spacial score (nSPS) is 9.81. The number of hydrogen-bond acceptors (Lipinski definition) is 6. The topological polar surface area (TPSA) is 78.9 Å². The molecule has 1 amide bonds. The zero-order valence-corrected chi connectivity index (χ0v) is 14.3. The first-order chi connectivity index (χ1) is 10.0. The number of thioether (sulfide) groups is 2. The minimum absolute atomic E-state index is 0.190. The van der Waals surface area contributed by atoms with Crippen molar-refractivity contribution in [1.82, 2.24) is 26.1 Å². The summed E-state index contributed by atoms with van der Waals surface area (Å²) in [5.41, 5.74) is 6.00. The van der Waals surface area contributed by atoms with E-state index in [0.717, 1.165) is 10.7 Å². The van der Waals surface area contributed by atoms with Crippen LogP contribution in [0.3, 0.4) is 0 Å². The lowest BCUT2D eigenvalue weighted by Gasteiger charge is -2.10. The number of aryl methyl sites for hydroxylation is 1. The minimum atomic E-state index is -0.190. The van der Waals surface area contributed by atoms with Crippen LogP contribution in [0.1, 0.15) is 5.69 Å². The monoisotopic (exact) mass is 343 g/mol. The molecule has 0 saturated heterocycles. The summed E-state index contributed by atoms with van der Waals surface area (Å²) >= 11 is 7.77. The van der Waals surface area contributed by atoms with Crippen LogP contribution in [0, 0.1) is 6.92 Å². The SMILES string of the molecule is C=CCNC(=S)NNC(=O)CSc1cc(C)nc(SC)n1. The predicted molar refractivity (Wildman–Crippen MR) is 91.4 cm³/mol. The number of aromatic nitrogens is 2. The van der Waals surface area contributed by atoms with Crippen LogP contribution in [0.15, 0.2) is 28.9 Å². The van der Waals surface area contributed by atoms with E-state index in [9.17, 15) is 4.79 Å². The fraction of sp³-hybridized carbons (Fsp3) is 0.333. The van der Waals surface area contributed by atoms with Crippen LogP contribution in [0.25, 0.3) is 0 Å². The third-order valence-corrected chi connectivity index (χ3v) is 3.77. The largest absolute Gasteiger partial charge is 0.358 e. The Morgan fingerprint density at radius 1 is 1.48 bits per heavy atom. The van der Waals surface area contributed by atoms with E-state index in [4.69, 9.17) is 12.2 Å². The van der Waals surface area contributed by atoms with Gasteiger partial charge in [-0.05, 0) is 31.5 Å². The van der Waals surface area contributed by atoms with Crippen molar-refractivity contribution in [2.45, 2.75) is 17.1 Å². The van der Waals surface area contributed by atoms with Gasteiger partial charge in [0, 0.05) is 12.2 Å². The molecule has 3 N–H and O–H groups in total. The summed E-state index contributed by atoms with van der Waals surface area (Å²) in [5, 5.41) is 4.66. The van der Waals surface area contributed by atoms with Crippen molar-refractivity contribution >= 4 is 46.8 Å². The van der Waals surface area contributed by atoms with Gasteiger partial charge in [-0.25, -0.2) is 9.97 Å². The number of hydrogen-bond donors (Lipinski definition) is 3. The maximum atomic E-state index is 11.7. The highest BCUT2D eigenvalue weighted by molar-refractivity contribution is 8.00. The standard InChI is InChI=1S/C12H17N5OS3/c1-4-5-13-11(19)17-16-9(18)7-21-10-6-8(2)14-12(15-10)20-3/h4,6H,1,5,7H2,2-3H3,(H,16,18)(H2,13,17,19). The number of nitrogens with one attached hydrogen (secondary N) is 3. The van der Waals surface area contributed by atoms with Gasteiger partial charge in [0.2, 0.25) is 5.91 Å². The highest BCUT2D eigenvalue weighted by atomic mass is 32.2. The summed E-state index contributed by atoms with van der Waals surface area (Å²) in [6.07, 6.45) is 3.59. The molecule has 1 aromatic heterocycles. The molecule has 0 saturated carbocycles. The Kier molecular flexibility index (Phi) is 8.09. The van der Waals surface area contributed by atoms with E-state index >= 15 is 0 Å². The van der Waals surface area contributed by atoms with Crippen molar-refractivity contribution in [2.24, 2.45) is 0 Å². The predicted octanol–water partition coefficient (Wildman–Crippen LogP) is 1.28. The zero-order chi connectivity index (χ0) is 15.7. The lowest BCUT2D eigenvalue weighted by Crippen LogP contribution is -2.47. The summed E-state index contributed by atoms with van der Waals surface area (Å²) in [6.45, 7) is 5.99. The Morgan fingerprint density at radius 3 is 2.90 bits per heavy atom. The van der Waals surface area contributed by atoms with Gasteiger partial charge in [-0.15, -0.1) is 6.58 Å². The van der Waals surface area contributed by atoms with Crippen LogP contribution in [0.2, 0.25) is 0 Å². The molecular formula is C12H17N5OS3. The van der Waals surface area contributed by atoms with Crippen LogP contribution < -0.4 is 16.2 Å². The molecule has 0 aliphatic heterocycles. The second-order valence-electron chi connectivity index (χ2n) is 3.79. The van der Waals surface area contributed by atoms with Crippen molar-refractivity contribution < 1.29 is 4.79 Å². The Balaban J connectivity index is 2.37. The molecule has 0 aliphatic rings. The van der Waals surface area contributed by atoms with E-state index in [1.807, 2.05) is 19.2 Å². The van der Waals surface area contributed by atoms with E-state index in [1.54, 1.807) is 6.08 Å². The van der Waals surface area contributed by atoms with E-state index < -0.39 is 0 Å². The molecule has 0 unspecified atom stereocenters. The van der Waals surface area contributed by atoms with Crippen molar-refractivity contribution in [3.63, 3.8) is 0 Å². The van der Waals surface area contributed by atoms with Gasteiger partial charge in [-0.2, -0.15) is 0 Å². The number of amides is 1. The fourth-order valence-corrected chi connectivity index (χ4v) is 2.56. The molecular weight excluding hydrogens is 326 g/mol. The Hall–Kier alpha value is -1.32. The number of nitrogens with zero attached hydrogens (tertiary/aromatic N) is 2. The molecule has 0 fully saturated rings. The second kappa shape index (κ2) is 9.59. The third-order valence-electron chi connectivity index (χ3n) is 2.07. The molecule has 1 aromatic rings. The molecule has 0 aromatic carbocycles. The molecule has 114 valence electrons. The lowest BCUT2D eigenvalue weighted by molar-refractivity contribution is -0.119. The maximum absolute atomic E-state index is 11.7. The molecule has 1 heterocycles. The number of hydrazine groups is 1. The first-order valence-electron chi connectivity index (χ1n) is 6.01. The molecule has 1 rings (SSSR count). The van der Waals surface area contributed by atoms with E-state index in [2.05, 4.69) is 32.7 Å². The first-order valence-corrected chi connectivity index (χ1v) is 8.63. The van der Waals surface area contributed by atoms with Gasteiger partial charge < -0.3 is 5.32 Å². The number of thiocarbonyl (C=S) groups is 1. The molecule has 6 nitrogen and oxygen atoms in total. The van der Waals surface area contributed by atoms with E-state index in [1.165, 1.54) is 23.5 Å². The summed E-state index contributed by atoms with van der Waals surface area (Å²) in [6, 6.07) is 1.85. The van der Waals surface area contributed by atoms with Crippen LogP contribution in [0.4, 0.5) is 0 Å². The number of carbonyl (C=O) groups is 1. The summed E-state index contributed by atoms with van der Waals surface area (Å²) < 4.78 is 0. The lowest BCUT2D eigenvalue weighted by atomic mass is 10.5. The molecule has 21 heavy (non-hydrogen) atoms. The van der Waals surface area contributed by atoms with Crippen molar-refractivity contribution in [3.05, 3.63) is 24.4 Å². The van der Waals surface area contributed by atoms with Crippen LogP contribution >= 0.6 is 35.7 Å². The minimum Gasteiger partial charge on any atom is -0.358 e. The number of rotatable bonds is 6. The molecule has 0 bridgehead atoms. The molecule has 0 spiro atoms. The number of carbonyl (C=O) groups excluding carboxylic acids is 1. The quantitative estimate of drug-likeness (QED) is 0.178. The maximum Gasteiger partial charge on any atom is 0.248 e. The average Bonchev–Trinajstić information content (AvgIpc) is 2.48. The average molecular weight is 344 g/mol. The van der Waals surface area contributed by atoms with E-state index in [-0.39, 0.29) is 11.7 Å². The van der Waals surface area contributed by atoms with Gasteiger partial charge in [-0.3, -0.25) is 15.6 Å². The zero-order valence-electron chi connectivity index (χ0n) is 11.8. The van der Waals surface area contributed by atoms with Crippen LogP contribution in [-0.2, 0) is 4.79 Å². The van der Waals surface area contributed by atoms with Gasteiger partial charge in [0.15, 0.2) is 10.3 Å². The Bertz CT molecular complexity index is 524. The summed E-state index contributed by atoms with van der Waals surface area (Å²) in [4.78, 5) is 20.3. The Morgan fingerprint density at radius 2 is 2.24 bits per heavy atom. The van der Waals surface area contributed by atoms with Gasteiger partial charge in [0.25, 0.3) is 0 Å². The fourth-order valence-electron chi connectivity index (χ4n) is 1.19. The summed E-state index contributed by atoms with van der Waals surface area (Å²) in [7, 11) is 0. The van der Waals surface area contributed by atoms with Crippen LogP contribution in [-0.4, -0.2) is 39.5 Å². The van der Waals surface area contributed by atoms with E-state index in [0.29, 0.717) is 16.8 Å². The van der Waals surface area contributed by atoms with Crippen molar-refractivity contribution in [3.8, 4) is 0 Å². The van der Waals surface area contributed by atoms with Crippen molar-refractivity contribution in [1.29, 1.82) is 0 Å². The highest BCUT2D eigenvalue weighted by Gasteiger charge is 2.06. The van der Waals surface area contributed by atoms with Gasteiger partial charge in [-0.1, -0.05) is 29.6 Å². The molecule has 0 radical (unpaired) electrons. The van der Waals surface area contributed by atoms with Crippen molar-refractivity contribution in [2.75, 3.05) is 18.6 Å². The Labute approximate surface area is 137 Å². The smallest absolute Gasteiger partial charge is 0.248 e. The highest BCUT2D eigenvalue weighted by Crippen LogP contribution is 2.19. The third kappa shape index (κ3) is 7.30. The second-order valence-corrected chi connectivity index (χ2v) is 5.97. The summed E-state index contributed by atoms with van der Waals surface area (Å²) in [5.74, 6) is 0.0474. The van der Waals surface area contributed by atoms with Gasteiger partial charge >= 0.3 is 0 Å².